The maximum Gasteiger partial charge on any atom is 0.191 e. The number of nitrogens with zero attached hydrogens (tertiary/aromatic N) is 1. The lowest BCUT2D eigenvalue weighted by Gasteiger charge is -2.22. The molecule has 0 radical (unpaired) electrons. The van der Waals surface area contributed by atoms with Crippen molar-refractivity contribution in [3.05, 3.63) is 34.3 Å². The SMILES string of the molecule is CN=C(NCCNC(C)(C)C)NCC1(c2cccc(Br)c2)CC1. The van der Waals surface area contributed by atoms with Gasteiger partial charge in [-0.05, 0) is 51.3 Å². The van der Waals surface area contributed by atoms with Crippen molar-refractivity contribution < 1.29 is 0 Å². The van der Waals surface area contributed by atoms with Crippen molar-refractivity contribution in [2.75, 3.05) is 26.7 Å². The normalized spacial score (nSPS) is 17.0. The molecule has 1 fully saturated rings. The van der Waals surface area contributed by atoms with Gasteiger partial charge in [0.25, 0.3) is 0 Å². The van der Waals surface area contributed by atoms with E-state index in [-0.39, 0.29) is 11.0 Å². The third-order valence-corrected chi connectivity index (χ3v) is 4.67. The van der Waals surface area contributed by atoms with E-state index in [0.717, 1.165) is 30.1 Å². The summed E-state index contributed by atoms with van der Waals surface area (Å²) in [5, 5.41) is 10.3. The number of hydrogen-bond acceptors (Lipinski definition) is 2. The number of halogens is 1. The van der Waals surface area contributed by atoms with Gasteiger partial charge in [0.2, 0.25) is 0 Å². The minimum absolute atomic E-state index is 0.150. The Bertz CT molecular complexity index is 544. The molecule has 0 unspecified atom stereocenters. The molecule has 3 N–H and O–H groups in total. The van der Waals surface area contributed by atoms with Crippen LogP contribution in [0.4, 0.5) is 0 Å². The molecular weight excluding hydrogens is 352 g/mol. The molecule has 0 spiro atoms. The molecule has 1 aliphatic rings. The molecular formula is C18H29BrN4. The van der Waals surface area contributed by atoms with Crippen LogP contribution < -0.4 is 16.0 Å². The molecule has 0 atom stereocenters. The van der Waals surface area contributed by atoms with E-state index in [9.17, 15) is 0 Å². The largest absolute Gasteiger partial charge is 0.356 e. The van der Waals surface area contributed by atoms with Crippen LogP contribution in [-0.2, 0) is 5.41 Å². The van der Waals surface area contributed by atoms with Crippen LogP contribution >= 0.6 is 15.9 Å². The van der Waals surface area contributed by atoms with E-state index in [1.165, 1.54) is 18.4 Å². The molecule has 1 saturated carbocycles. The Kier molecular flexibility index (Phi) is 6.09. The minimum atomic E-state index is 0.150. The molecule has 0 aliphatic heterocycles. The van der Waals surface area contributed by atoms with Crippen molar-refractivity contribution in [2.24, 2.45) is 4.99 Å². The van der Waals surface area contributed by atoms with Crippen LogP contribution in [0.25, 0.3) is 0 Å². The Morgan fingerprint density at radius 2 is 1.96 bits per heavy atom. The number of rotatable bonds is 6. The van der Waals surface area contributed by atoms with Crippen LogP contribution in [0.1, 0.15) is 39.2 Å². The Morgan fingerprint density at radius 1 is 1.22 bits per heavy atom. The predicted molar refractivity (Wildman–Crippen MR) is 102 cm³/mol. The molecule has 0 amide bonds. The fourth-order valence-electron chi connectivity index (χ4n) is 2.63. The molecule has 2 rings (SSSR count). The fourth-order valence-corrected chi connectivity index (χ4v) is 3.03. The molecule has 1 aromatic carbocycles. The average Bonchev–Trinajstić information content (AvgIpc) is 3.27. The molecule has 0 bridgehead atoms. The number of nitrogens with one attached hydrogen (secondary N) is 3. The van der Waals surface area contributed by atoms with Gasteiger partial charge in [-0.15, -0.1) is 0 Å². The summed E-state index contributed by atoms with van der Waals surface area (Å²) in [7, 11) is 1.82. The fraction of sp³-hybridized carbons (Fsp3) is 0.611. The molecule has 0 aromatic heterocycles. The lowest BCUT2D eigenvalue weighted by molar-refractivity contribution is 0.428. The van der Waals surface area contributed by atoms with E-state index in [0.29, 0.717) is 0 Å². The summed E-state index contributed by atoms with van der Waals surface area (Å²) in [6.07, 6.45) is 2.47. The van der Waals surface area contributed by atoms with Crippen LogP contribution in [0.2, 0.25) is 0 Å². The average molecular weight is 381 g/mol. The minimum Gasteiger partial charge on any atom is -0.356 e. The second-order valence-electron chi connectivity index (χ2n) is 7.32. The van der Waals surface area contributed by atoms with E-state index < -0.39 is 0 Å². The summed E-state index contributed by atoms with van der Waals surface area (Å²) < 4.78 is 1.15. The van der Waals surface area contributed by atoms with Gasteiger partial charge in [0.15, 0.2) is 5.96 Å². The molecule has 128 valence electrons. The summed E-state index contributed by atoms with van der Waals surface area (Å²) in [5.74, 6) is 0.877. The van der Waals surface area contributed by atoms with Gasteiger partial charge in [0, 0.05) is 42.1 Å². The van der Waals surface area contributed by atoms with Crippen LogP contribution in [0, 0.1) is 0 Å². The smallest absolute Gasteiger partial charge is 0.191 e. The Morgan fingerprint density at radius 3 is 2.52 bits per heavy atom. The van der Waals surface area contributed by atoms with E-state index in [2.05, 4.69) is 81.9 Å². The van der Waals surface area contributed by atoms with Crippen molar-refractivity contribution in [1.29, 1.82) is 0 Å². The van der Waals surface area contributed by atoms with Crippen molar-refractivity contribution in [3.8, 4) is 0 Å². The van der Waals surface area contributed by atoms with Crippen molar-refractivity contribution >= 4 is 21.9 Å². The van der Waals surface area contributed by atoms with Gasteiger partial charge in [-0.25, -0.2) is 0 Å². The highest BCUT2D eigenvalue weighted by atomic mass is 79.9. The number of guanidine groups is 1. The molecule has 1 aliphatic carbocycles. The molecule has 1 aromatic rings. The van der Waals surface area contributed by atoms with E-state index in [1.807, 2.05) is 7.05 Å². The van der Waals surface area contributed by atoms with Gasteiger partial charge >= 0.3 is 0 Å². The molecule has 4 nitrogen and oxygen atoms in total. The second-order valence-corrected chi connectivity index (χ2v) is 8.24. The molecule has 0 saturated heterocycles. The lowest BCUT2D eigenvalue weighted by atomic mass is 9.96. The quantitative estimate of drug-likeness (QED) is 0.403. The number of aliphatic imine (C=N–C) groups is 1. The first kappa shape index (κ1) is 18.3. The molecule has 0 heterocycles. The van der Waals surface area contributed by atoms with Crippen molar-refractivity contribution in [3.63, 3.8) is 0 Å². The first-order valence-electron chi connectivity index (χ1n) is 8.30. The first-order valence-corrected chi connectivity index (χ1v) is 9.10. The van der Waals surface area contributed by atoms with Crippen LogP contribution in [0.15, 0.2) is 33.7 Å². The van der Waals surface area contributed by atoms with Crippen molar-refractivity contribution in [2.45, 2.75) is 44.6 Å². The van der Waals surface area contributed by atoms with Crippen LogP contribution in [0.3, 0.4) is 0 Å². The number of hydrogen-bond donors (Lipinski definition) is 3. The summed E-state index contributed by atoms with van der Waals surface area (Å²) in [6, 6.07) is 8.65. The Balaban J connectivity index is 1.80. The van der Waals surface area contributed by atoms with Gasteiger partial charge < -0.3 is 16.0 Å². The van der Waals surface area contributed by atoms with Crippen molar-refractivity contribution in [1.82, 2.24) is 16.0 Å². The summed E-state index contributed by atoms with van der Waals surface area (Å²) in [5.41, 5.74) is 1.83. The van der Waals surface area contributed by atoms with Crippen LogP contribution in [0.5, 0.6) is 0 Å². The maximum atomic E-state index is 4.32. The zero-order chi connectivity index (χ0) is 16.9. The topological polar surface area (TPSA) is 48.5 Å². The Labute approximate surface area is 148 Å². The molecule has 23 heavy (non-hydrogen) atoms. The highest BCUT2D eigenvalue weighted by Crippen LogP contribution is 2.48. The zero-order valence-electron chi connectivity index (χ0n) is 14.7. The van der Waals surface area contributed by atoms with Gasteiger partial charge in [-0.2, -0.15) is 0 Å². The van der Waals surface area contributed by atoms with Gasteiger partial charge in [0.1, 0.15) is 0 Å². The summed E-state index contributed by atoms with van der Waals surface area (Å²) >= 11 is 3.57. The third kappa shape index (κ3) is 5.81. The maximum absolute atomic E-state index is 4.32. The third-order valence-electron chi connectivity index (χ3n) is 4.18. The lowest BCUT2D eigenvalue weighted by Crippen LogP contribution is -2.46. The zero-order valence-corrected chi connectivity index (χ0v) is 16.3. The monoisotopic (exact) mass is 380 g/mol. The first-order chi connectivity index (χ1) is 10.8. The van der Waals surface area contributed by atoms with Gasteiger partial charge in [-0.3, -0.25) is 4.99 Å². The molecule has 5 heteroatoms. The standard InChI is InChI=1S/C18H29BrN4/c1-17(2,3)23-11-10-21-16(20-4)22-13-18(8-9-18)14-6-5-7-15(19)12-14/h5-7,12,23H,8-11,13H2,1-4H3,(H2,20,21,22). The number of benzene rings is 1. The van der Waals surface area contributed by atoms with Gasteiger partial charge in [-0.1, -0.05) is 28.1 Å². The Hall–Kier alpha value is -1.07. The highest BCUT2D eigenvalue weighted by Gasteiger charge is 2.44. The highest BCUT2D eigenvalue weighted by molar-refractivity contribution is 9.10. The van der Waals surface area contributed by atoms with E-state index >= 15 is 0 Å². The summed E-state index contributed by atoms with van der Waals surface area (Å²) in [4.78, 5) is 4.32. The van der Waals surface area contributed by atoms with E-state index in [1.54, 1.807) is 0 Å². The second kappa shape index (κ2) is 7.67. The van der Waals surface area contributed by atoms with Gasteiger partial charge in [0.05, 0.1) is 0 Å². The van der Waals surface area contributed by atoms with E-state index in [4.69, 9.17) is 0 Å². The predicted octanol–water partition coefficient (Wildman–Crippen LogP) is 3.03. The van der Waals surface area contributed by atoms with Crippen LogP contribution in [-0.4, -0.2) is 38.2 Å². The summed E-state index contributed by atoms with van der Waals surface area (Å²) in [6.45, 7) is 9.23.